The second-order valence-corrected chi connectivity index (χ2v) is 7.46. The van der Waals surface area contributed by atoms with Crippen molar-refractivity contribution in [3.63, 3.8) is 0 Å². The van der Waals surface area contributed by atoms with Crippen LogP contribution in [0.4, 0.5) is 0 Å². The highest BCUT2D eigenvalue weighted by molar-refractivity contribution is 5.09. The van der Waals surface area contributed by atoms with Gasteiger partial charge in [-0.05, 0) is 44.9 Å². The van der Waals surface area contributed by atoms with Crippen molar-refractivity contribution in [3.05, 3.63) is 0 Å². The maximum absolute atomic E-state index is 10.7. The first kappa shape index (κ1) is 15.2. The predicted molar refractivity (Wildman–Crippen MR) is 72.4 cm³/mol. The molecule has 0 heterocycles. The van der Waals surface area contributed by atoms with Crippen LogP contribution in [0.25, 0.3) is 0 Å². The van der Waals surface area contributed by atoms with Gasteiger partial charge < -0.3 is 20.4 Å². The molecule has 0 radical (unpaired) electrons. The van der Waals surface area contributed by atoms with Gasteiger partial charge in [0.1, 0.15) is 0 Å². The molecule has 2 aliphatic rings. The summed E-state index contributed by atoms with van der Waals surface area (Å²) in [4.78, 5) is 0. The van der Waals surface area contributed by atoms with Crippen molar-refractivity contribution in [2.24, 2.45) is 23.2 Å². The number of aliphatic hydroxyl groups excluding tert-OH is 3. The van der Waals surface area contributed by atoms with Crippen LogP contribution in [0.1, 0.15) is 47.0 Å². The zero-order chi connectivity index (χ0) is 14.6. The number of hydrogen-bond donors (Lipinski definition) is 4. The Labute approximate surface area is 115 Å². The Kier molecular flexibility index (Phi) is 3.76. The van der Waals surface area contributed by atoms with Crippen LogP contribution in [-0.4, -0.2) is 44.3 Å². The van der Waals surface area contributed by atoms with Gasteiger partial charge in [0.15, 0.2) is 0 Å². The third kappa shape index (κ3) is 2.23. The average molecular weight is 272 g/mol. The SMILES string of the molecule is C[C@@H]1CC[C@H](O)[C@]2(C)[C@@H]1[C@H](O)[C@H](C(C)(C)O)C[C@H]2O. The van der Waals surface area contributed by atoms with Gasteiger partial charge in [0.25, 0.3) is 0 Å². The molecule has 4 nitrogen and oxygen atoms in total. The first-order chi connectivity index (χ1) is 8.60. The Morgan fingerprint density at radius 2 is 1.63 bits per heavy atom. The minimum absolute atomic E-state index is 0.170. The summed E-state index contributed by atoms with van der Waals surface area (Å²) >= 11 is 0. The third-order valence-corrected chi connectivity index (χ3v) is 5.83. The fourth-order valence-corrected chi connectivity index (χ4v) is 4.49. The van der Waals surface area contributed by atoms with Crippen LogP contribution in [0.2, 0.25) is 0 Å². The second-order valence-electron chi connectivity index (χ2n) is 7.46. The lowest BCUT2D eigenvalue weighted by Gasteiger charge is -2.59. The molecule has 2 saturated carbocycles. The van der Waals surface area contributed by atoms with Crippen LogP contribution in [0.15, 0.2) is 0 Å². The summed E-state index contributed by atoms with van der Waals surface area (Å²) in [7, 11) is 0. The molecule has 0 aromatic rings. The van der Waals surface area contributed by atoms with E-state index in [1.165, 1.54) is 0 Å². The van der Waals surface area contributed by atoms with Crippen molar-refractivity contribution < 1.29 is 20.4 Å². The van der Waals surface area contributed by atoms with E-state index in [4.69, 9.17) is 0 Å². The lowest BCUT2D eigenvalue weighted by Crippen LogP contribution is -2.64. The molecule has 2 rings (SSSR count). The molecule has 0 bridgehead atoms. The van der Waals surface area contributed by atoms with E-state index in [0.29, 0.717) is 12.8 Å². The van der Waals surface area contributed by atoms with E-state index >= 15 is 0 Å². The molecule has 0 aromatic carbocycles. The van der Waals surface area contributed by atoms with Gasteiger partial charge in [-0.3, -0.25) is 0 Å². The van der Waals surface area contributed by atoms with E-state index < -0.39 is 29.3 Å². The summed E-state index contributed by atoms with van der Waals surface area (Å²) in [6.45, 7) is 7.31. The Morgan fingerprint density at radius 3 is 2.16 bits per heavy atom. The standard InChI is InChI=1S/C15H28O4/c1-8-5-6-10(16)15(4)11(17)7-9(14(2,3)19)13(18)12(8)15/h8-13,16-19H,5-7H2,1-4H3/t8-,9-,10+,11-,12+,13-,15+/m1/s1. The first-order valence-electron chi connectivity index (χ1n) is 7.36. The maximum atomic E-state index is 10.7. The Balaban J connectivity index is 2.38. The molecule has 0 aromatic heterocycles. The van der Waals surface area contributed by atoms with Gasteiger partial charge in [0.2, 0.25) is 0 Å². The summed E-state index contributed by atoms with van der Waals surface area (Å²) < 4.78 is 0. The van der Waals surface area contributed by atoms with Gasteiger partial charge in [-0.15, -0.1) is 0 Å². The first-order valence-corrected chi connectivity index (χ1v) is 7.36. The fraction of sp³-hybridized carbons (Fsp3) is 1.00. The molecule has 0 amide bonds. The van der Waals surface area contributed by atoms with E-state index in [9.17, 15) is 20.4 Å². The summed E-state index contributed by atoms with van der Waals surface area (Å²) in [5.41, 5.74) is -1.69. The van der Waals surface area contributed by atoms with E-state index in [0.717, 1.165) is 6.42 Å². The zero-order valence-electron chi connectivity index (χ0n) is 12.4. The Hall–Kier alpha value is -0.160. The number of rotatable bonds is 1. The van der Waals surface area contributed by atoms with E-state index in [1.807, 2.05) is 6.92 Å². The van der Waals surface area contributed by atoms with Crippen LogP contribution in [-0.2, 0) is 0 Å². The summed E-state index contributed by atoms with van der Waals surface area (Å²) in [5.74, 6) is -0.284. The molecule has 2 fully saturated rings. The topological polar surface area (TPSA) is 80.9 Å². The number of aliphatic hydroxyl groups is 4. The number of hydrogen-bond acceptors (Lipinski definition) is 4. The van der Waals surface area contributed by atoms with Crippen molar-refractivity contribution >= 4 is 0 Å². The normalized spacial score (nSPS) is 51.8. The quantitative estimate of drug-likeness (QED) is 0.572. The van der Waals surface area contributed by atoms with Crippen molar-refractivity contribution in [1.29, 1.82) is 0 Å². The summed E-state index contributed by atoms with van der Waals surface area (Å²) in [6.07, 6.45) is -0.0920. The largest absolute Gasteiger partial charge is 0.392 e. The molecule has 2 aliphatic carbocycles. The smallest absolute Gasteiger partial charge is 0.0645 e. The molecule has 7 atom stereocenters. The highest BCUT2D eigenvalue weighted by Gasteiger charge is 2.60. The van der Waals surface area contributed by atoms with Crippen molar-refractivity contribution in [3.8, 4) is 0 Å². The van der Waals surface area contributed by atoms with Crippen LogP contribution in [0.5, 0.6) is 0 Å². The zero-order valence-corrected chi connectivity index (χ0v) is 12.4. The van der Waals surface area contributed by atoms with E-state index in [2.05, 4.69) is 6.92 Å². The molecule has 0 spiro atoms. The minimum Gasteiger partial charge on any atom is -0.392 e. The van der Waals surface area contributed by atoms with Gasteiger partial charge in [-0.1, -0.05) is 13.8 Å². The summed E-state index contributed by atoms with van der Waals surface area (Å²) in [5, 5.41) is 41.8. The average Bonchev–Trinajstić information content (AvgIpc) is 2.27. The van der Waals surface area contributed by atoms with Crippen molar-refractivity contribution in [2.75, 3.05) is 0 Å². The molecular formula is C15H28O4. The predicted octanol–water partition coefficient (Wildman–Crippen LogP) is 0.912. The van der Waals surface area contributed by atoms with Gasteiger partial charge in [0.05, 0.1) is 23.9 Å². The van der Waals surface area contributed by atoms with Crippen LogP contribution in [0, 0.1) is 23.2 Å². The van der Waals surface area contributed by atoms with E-state index in [-0.39, 0.29) is 17.8 Å². The molecule has 112 valence electrons. The van der Waals surface area contributed by atoms with Gasteiger partial charge in [-0.2, -0.15) is 0 Å². The molecule has 4 heteroatoms. The highest BCUT2D eigenvalue weighted by Crippen LogP contribution is 2.55. The van der Waals surface area contributed by atoms with Crippen LogP contribution < -0.4 is 0 Å². The van der Waals surface area contributed by atoms with Crippen molar-refractivity contribution in [1.82, 2.24) is 0 Å². The Morgan fingerprint density at radius 1 is 1.05 bits per heavy atom. The lowest BCUT2D eigenvalue weighted by atomic mass is 9.50. The molecule has 0 unspecified atom stereocenters. The summed E-state index contributed by atoms with van der Waals surface area (Å²) in [6, 6.07) is 0. The van der Waals surface area contributed by atoms with Crippen molar-refractivity contribution in [2.45, 2.75) is 70.9 Å². The number of fused-ring (bicyclic) bond motifs is 1. The van der Waals surface area contributed by atoms with E-state index in [1.54, 1.807) is 13.8 Å². The van der Waals surface area contributed by atoms with Gasteiger partial charge in [0, 0.05) is 11.3 Å². The molecule has 4 N–H and O–H groups in total. The van der Waals surface area contributed by atoms with Gasteiger partial charge >= 0.3 is 0 Å². The monoisotopic (exact) mass is 272 g/mol. The molecule has 0 aliphatic heterocycles. The van der Waals surface area contributed by atoms with Crippen LogP contribution in [0.3, 0.4) is 0 Å². The fourth-order valence-electron chi connectivity index (χ4n) is 4.49. The maximum Gasteiger partial charge on any atom is 0.0645 e. The highest BCUT2D eigenvalue weighted by atomic mass is 16.3. The minimum atomic E-state index is -1.02. The molecular weight excluding hydrogens is 244 g/mol. The van der Waals surface area contributed by atoms with Crippen LogP contribution >= 0.6 is 0 Å². The van der Waals surface area contributed by atoms with Gasteiger partial charge in [-0.25, -0.2) is 0 Å². The molecule has 0 saturated heterocycles. The Bertz CT molecular complexity index is 338. The second kappa shape index (κ2) is 4.69. The molecule has 19 heavy (non-hydrogen) atoms. The third-order valence-electron chi connectivity index (χ3n) is 5.83. The lowest BCUT2D eigenvalue weighted by molar-refractivity contribution is -0.229.